The summed E-state index contributed by atoms with van der Waals surface area (Å²) in [6.45, 7) is 0. The number of rotatable bonds is 3. The Hall–Kier alpha value is -3.45. The number of fused-ring (bicyclic) bond motifs is 1. The summed E-state index contributed by atoms with van der Waals surface area (Å²) < 4.78 is 46.5. The van der Waals surface area contributed by atoms with Crippen LogP contribution < -0.4 is 16.0 Å². The van der Waals surface area contributed by atoms with Gasteiger partial charge in [-0.1, -0.05) is 35.9 Å². The maximum absolute atomic E-state index is 13.7. The molecule has 0 saturated heterocycles. The smallest absolute Gasteiger partial charge is 0.418 e. The van der Waals surface area contributed by atoms with Gasteiger partial charge in [-0.2, -0.15) is 13.2 Å². The molecule has 4 rings (SSSR count). The molecule has 0 fully saturated rings. The van der Waals surface area contributed by atoms with Crippen LogP contribution >= 0.6 is 11.6 Å². The molecule has 0 radical (unpaired) electrons. The lowest BCUT2D eigenvalue weighted by Gasteiger charge is -2.18. The molecule has 8 heteroatoms. The first-order chi connectivity index (χ1) is 14.7. The minimum Gasteiger partial charge on any atom is -0.496 e. The number of nitrogen functional groups attached to an aromatic ring is 1. The molecule has 1 aromatic heterocycles. The summed E-state index contributed by atoms with van der Waals surface area (Å²) in [6, 6.07) is 15.0. The van der Waals surface area contributed by atoms with Gasteiger partial charge in [0.25, 0.3) is 5.56 Å². The van der Waals surface area contributed by atoms with Crippen LogP contribution in [-0.2, 0) is 6.18 Å². The molecule has 0 spiro atoms. The Morgan fingerprint density at radius 3 is 2.35 bits per heavy atom. The molecule has 0 atom stereocenters. The molecule has 0 saturated carbocycles. The molecule has 3 aromatic carbocycles. The van der Waals surface area contributed by atoms with Crippen LogP contribution in [0, 0.1) is 0 Å². The van der Waals surface area contributed by atoms with E-state index in [1.807, 2.05) is 0 Å². The number of H-pyrrole nitrogens is 1. The van der Waals surface area contributed by atoms with Gasteiger partial charge < -0.3 is 15.5 Å². The Labute approximate surface area is 180 Å². The summed E-state index contributed by atoms with van der Waals surface area (Å²) in [5, 5.41) is 0.557. The topological polar surface area (TPSA) is 68.1 Å². The van der Waals surface area contributed by atoms with Crippen LogP contribution in [0.2, 0.25) is 5.02 Å². The highest BCUT2D eigenvalue weighted by atomic mass is 35.5. The van der Waals surface area contributed by atoms with Crippen molar-refractivity contribution < 1.29 is 17.9 Å². The van der Waals surface area contributed by atoms with Crippen molar-refractivity contribution >= 4 is 28.2 Å². The van der Waals surface area contributed by atoms with E-state index < -0.39 is 17.3 Å². The third-order valence-electron chi connectivity index (χ3n) is 4.99. The molecule has 158 valence electrons. The molecular formula is C23H16ClF3N2O2. The normalized spacial score (nSPS) is 11.6. The van der Waals surface area contributed by atoms with E-state index in [9.17, 15) is 18.0 Å². The van der Waals surface area contributed by atoms with Crippen molar-refractivity contribution in [2.24, 2.45) is 0 Å². The van der Waals surface area contributed by atoms with Gasteiger partial charge in [0.1, 0.15) is 5.75 Å². The molecule has 4 nitrogen and oxygen atoms in total. The molecule has 1 heterocycles. The molecule has 0 aliphatic rings. The Morgan fingerprint density at radius 2 is 1.71 bits per heavy atom. The summed E-state index contributed by atoms with van der Waals surface area (Å²) in [5.41, 5.74) is 5.70. The number of nitrogens with one attached hydrogen (secondary N) is 1. The van der Waals surface area contributed by atoms with Crippen molar-refractivity contribution in [3.63, 3.8) is 0 Å². The summed E-state index contributed by atoms with van der Waals surface area (Å²) in [7, 11) is 1.44. The molecule has 31 heavy (non-hydrogen) atoms. The van der Waals surface area contributed by atoms with Crippen molar-refractivity contribution in [2.75, 3.05) is 12.8 Å². The zero-order valence-corrected chi connectivity index (χ0v) is 16.9. The number of anilines is 1. The van der Waals surface area contributed by atoms with Crippen molar-refractivity contribution in [3.05, 3.63) is 81.6 Å². The van der Waals surface area contributed by atoms with Crippen LogP contribution in [0.5, 0.6) is 5.75 Å². The molecule has 0 aliphatic heterocycles. The van der Waals surface area contributed by atoms with E-state index in [4.69, 9.17) is 22.1 Å². The number of hydrogen-bond acceptors (Lipinski definition) is 3. The SMILES string of the molecule is COc1ccc(Cl)cc1-c1c(-c2ccc(N)cc2)c(=O)[nH]c2c(C(F)(F)F)cccc12. The lowest BCUT2D eigenvalue weighted by molar-refractivity contribution is -0.136. The maximum Gasteiger partial charge on any atom is 0.418 e. The number of pyridine rings is 1. The second-order valence-corrected chi connectivity index (χ2v) is 7.33. The van der Waals surface area contributed by atoms with E-state index >= 15 is 0 Å². The highest BCUT2D eigenvalue weighted by Gasteiger charge is 2.34. The first-order valence-electron chi connectivity index (χ1n) is 9.16. The van der Waals surface area contributed by atoms with E-state index in [0.717, 1.165) is 6.07 Å². The van der Waals surface area contributed by atoms with Crippen molar-refractivity contribution in [3.8, 4) is 28.0 Å². The zero-order chi connectivity index (χ0) is 22.3. The summed E-state index contributed by atoms with van der Waals surface area (Å²) in [4.78, 5) is 15.6. The second-order valence-electron chi connectivity index (χ2n) is 6.90. The number of halogens is 4. The van der Waals surface area contributed by atoms with Crippen LogP contribution in [0.1, 0.15) is 5.56 Å². The van der Waals surface area contributed by atoms with E-state index in [1.54, 1.807) is 42.5 Å². The minimum absolute atomic E-state index is 0.187. The van der Waals surface area contributed by atoms with Gasteiger partial charge in [0.2, 0.25) is 0 Å². The number of para-hydroxylation sites is 1. The number of methoxy groups -OCH3 is 1. The third kappa shape index (κ3) is 3.72. The van der Waals surface area contributed by atoms with E-state index in [2.05, 4.69) is 4.98 Å². The van der Waals surface area contributed by atoms with Gasteiger partial charge in [0.05, 0.1) is 23.8 Å². The predicted octanol–water partition coefficient (Wildman–Crippen LogP) is 6.13. The fourth-order valence-corrected chi connectivity index (χ4v) is 3.81. The number of alkyl halides is 3. The van der Waals surface area contributed by atoms with Crippen LogP contribution in [0.3, 0.4) is 0 Å². The Balaban J connectivity index is 2.22. The van der Waals surface area contributed by atoms with Gasteiger partial charge >= 0.3 is 6.18 Å². The van der Waals surface area contributed by atoms with Gasteiger partial charge in [-0.25, -0.2) is 0 Å². The Kier molecular flexibility index (Phi) is 5.15. The van der Waals surface area contributed by atoms with Crippen LogP contribution in [0.25, 0.3) is 33.2 Å². The summed E-state index contributed by atoms with van der Waals surface area (Å²) in [6.07, 6.45) is -4.65. The van der Waals surface area contributed by atoms with E-state index in [1.165, 1.54) is 19.2 Å². The number of hydrogen-bond donors (Lipinski definition) is 2. The summed E-state index contributed by atoms with van der Waals surface area (Å²) in [5.74, 6) is 0.366. The number of aromatic amines is 1. The van der Waals surface area contributed by atoms with Gasteiger partial charge in [-0.05, 0) is 42.0 Å². The van der Waals surface area contributed by atoms with Crippen LogP contribution in [0.4, 0.5) is 18.9 Å². The highest BCUT2D eigenvalue weighted by Crippen LogP contribution is 2.43. The fourth-order valence-electron chi connectivity index (χ4n) is 3.64. The predicted molar refractivity (Wildman–Crippen MR) is 116 cm³/mol. The minimum atomic E-state index is -4.65. The van der Waals surface area contributed by atoms with Gasteiger partial charge in [0, 0.05) is 27.2 Å². The highest BCUT2D eigenvalue weighted by molar-refractivity contribution is 6.31. The van der Waals surface area contributed by atoms with Crippen LogP contribution in [0.15, 0.2) is 65.5 Å². The van der Waals surface area contributed by atoms with Crippen LogP contribution in [-0.4, -0.2) is 12.1 Å². The maximum atomic E-state index is 13.7. The van der Waals surface area contributed by atoms with E-state index in [0.29, 0.717) is 27.6 Å². The van der Waals surface area contributed by atoms with Crippen molar-refractivity contribution in [1.29, 1.82) is 0 Å². The molecule has 0 amide bonds. The monoisotopic (exact) mass is 444 g/mol. The fraction of sp³-hybridized carbons (Fsp3) is 0.0870. The Morgan fingerprint density at radius 1 is 1.00 bits per heavy atom. The van der Waals surface area contributed by atoms with Crippen molar-refractivity contribution in [1.82, 2.24) is 4.98 Å². The molecule has 4 aromatic rings. The van der Waals surface area contributed by atoms with Gasteiger partial charge in [0.15, 0.2) is 0 Å². The number of nitrogens with two attached hydrogens (primary N) is 1. The number of ether oxygens (including phenoxy) is 1. The molecular weight excluding hydrogens is 429 g/mol. The standard InChI is InChI=1S/C23H16ClF3N2O2/c1-31-18-10-7-13(24)11-16(18)20-15-3-2-4-17(23(25,26)27)21(15)29-22(30)19(20)12-5-8-14(28)9-6-12/h2-11H,28H2,1H3,(H,29,30). The largest absolute Gasteiger partial charge is 0.496 e. The molecule has 0 aliphatic carbocycles. The summed E-state index contributed by atoms with van der Waals surface area (Å²) >= 11 is 6.20. The second kappa shape index (κ2) is 7.67. The quantitative estimate of drug-likeness (QED) is 0.374. The third-order valence-corrected chi connectivity index (χ3v) is 5.22. The van der Waals surface area contributed by atoms with Gasteiger partial charge in [-0.3, -0.25) is 4.79 Å². The average Bonchev–Trinajstić information content (AvgIpc) is 2.72. The lowest BCUT2D eigenvalue weighted by Crippen LogP contribution is -2.15. The Bertz CT molecular complexity index is 1350. The molecule has 3 N–H and O–H groups in total. The first kappa shape index (κ1) is 20.8. The lowest BCUT2D eigenvalue weighted by atomic mass is 9.90. The van der Waals surface area contributed by atoms with Crippen molar-refractivity contribution in [2.45, 2.75) is 6.18 Å². The first-order valence-corrected chi connectivity index (χ1v) is 9.54. The number of aromatic nitrogens is 1. The average molecular weight is 445 g/mol. The molecule has 0 unspecified atom stereocenters. The number of benzene rings is 3. The molecule has 0 bridgehead atoms. The van der Waals surface area contributed by atoms with E-state index in [-0.39, 0.29) is 22.0 Å². The van der Waals surface area contributed by atoms with Gasteiger partial charge in [-0.15, -0.1) is 0 Å². The zero-order valence-electron chi connectivity index (χ0n) is 16.2.